The topological polar surface area (TPSA) is 17.1 Å². The first-order valence-corrected chi connectivity index (χ1v) is 4.54. The van der Waals surface area contributed by atoms with E-state index in [-0.39, 0.29) is 5.56 Å². The van der Waals surface area contributed by atoms with Crippen LogP contribution in [0.15, 0.2) is 30.3 Å². The van der Waals surface area contributed by atoms with Crippen LogP contribution in [0.3, 0.4) is 0 Å². The van der Waals surface area contributed by atoms with Gasteiger partial charge in [0.05, 0.1) is 0 Å². The molecule has 0 heterocycles. The molecule has 1 fully saturated rings. The molecular weight excluding hydrogens is 205 g/mol. The summed E-state index contributed by atoms with van der Waals surface area (Å²) >= 11 is 0. The highest BCUT2D eigenvalue weighted by Gasteiger charge is 2.74. The number of carbonyl (C=O) groups is 1. The summed E-state index contributed by atoms with van der Waals surface area (Å²) in [6.45, 7) is 1.08. The van der Waals surface area contributed by atoms with Crippen LogP contribution in [0.4, 0.5) is 13.2 Å². The van der Waals surface area contributed by atoms with Crippen LogP contribution in [0.2, 0.25) is 0 Å². The van der Waals surface area contributed by atoms with E-state index in [9.17, 15) is 18.0 Å². The lowest BCUT2D eigenvalue weighted by molar-refractivity contribution is -0.203. The molecule has 0 saturated heterocycles. The molecular formula is C11H9F3O. The molecule has 15 heavy (non-hydrogen) atoms. The van der Waals surface area contributed by atoms with Gasteiger partial charge in [-0.25, -0.2) is 13.2 Å². The van der Waals surface area contributed by atoms with Gasteiger partial charge in [0.2, 0.25) is 6.17 Å². The van der Waals surface area contributed by atoms with Gasteiger partial charge in [-0.3, -0.25) is 4.79 Å². The Labute approximate surface area is 84.9 Å². The minimum Gasteiger partial charge on any atom is -0.295 e. The summed E-state index contributed by atoms with van der Waals surface area (Å²) in [6, 6.07) is 7.58. The number of hydrogen-bond acceptors (Lipinski definition) is 1. The van der Waals surface area contributed by atoms with Crippen molar-refractivity contribution < 1.29 is 18.0 Å². The molecule has 1 saturated carbocycles. The number of alkyl halides is 3. The number of benzene rings is 1. The summed E-state index contributed by atoms with van der Waals surface area (Å²) in [4.78, 5) is 11.2. The predicted octanol–water partition coefficient (Wildman–Crippen LogP) is 2.50. The van der Waals surface area contributed by atoms with E-state index in [1.165, 1.54) is 12.1 Å². The molecule has 80 valence electrons. The van der Waals surface area contributed by atoms with Crippen molar-refractivity contribution in [2.75, 3.05) is 0 Å². The van der Waals surface area contributed by atoms with Gasteiger partial charge >= 0.3 is 5.92 Å². The van der Waals surface area contributed by atoms with Gasteiger partial charge in [-0.05, 0) is 12.5 Å². The molecule has 1 aromatic carbocycles. The van der Waals surface area contributed by atoms with Crippen LogP contribution in [-0.2, 0) is 10.2 Å². The third kappa shape index (κ3) is 1.02. The highest BCUT2D eigenvalue weighted by Crippen LogP contribution is 2.53. The molecule has 2 atom stereocenters. The fourth-order valence-corrected chi connectivity index (χ4v) is 1.86. The van der Waals surface area contributed by atoms with E-state index in [1.807, 2.05) is 0 Å². The van der Waals surface area contributed by atoms with E-state index in [4.69, 9.17) is 0 Å². The molecule has 0 bridgehead atoms. The van der Waals surface area contributed by atoms with Crippen molar-refractivity contribution >= 4 is 5.78 Å². The zero-order valence-electron chi connectivity index (χ0n) is 8.01. The monoisotopic (exact) mass is 214 g/mol. The third-order valence-electron chi connectivity index (χ3n) is 3.06. The number of rotatable bonds is 1. The number of ketones is 1. The van der Waals surface area contributed by atoms with Gasteiger partial charge in [0.1, 0.15) is 5.41 Å². The van der Waals surface area contributed by atoms with E-state index in [1.54, 1.807) is 18.2 Å². The lowest BCUT2D eigenvalue weighted by Crippen LogP contribution is -2.70. The summed E-state index contributed by atoms with van der Waals surface area (Å²) in [6.07, 6.45) is -2.66. The summed E-state index contributed by atoms with van der Waals surface area (Å²) in [5, 5.41) is 0. The van der Waals surface area contributed by atoms with Crippen molar-refractivity contribution in [3.8, 4) is 0 Å². The smallest absolute Gasteiger partial charge is 0.295 e. The predicted molar refractivity (Wildman–Crippen MR) is 48.6 cm³/mol. The first kappa shape index (κ1) is 10.2. The quantitative estimate of drug-likeness (QED) is 0.702. The fourth-order valence-electron chi connectivity index (χ4n) is 1.86. The first-order valence-electron chi connectivity index (χ1n) is 4.54. The van der Waals surface area contributed by atoms with Gasteiger partial charge in [-0.15, -0.1) is 0 Å². The van der Waals surface area contributed by atoms with Crippen molar-refractivity contribution in [2.45, 2.75) is 24.4 Å². The Hall–Kier alpha value is -1.32. The largest absolute Gasteiger partial charge is 0.301 e. The van der Waals surface area contributed by atoms with Crippen LogP contribution in [0.1, 0.15) is 12.5 Å². The Morgan fingerprint density at radius 3 is 2.20 bits per heavy atom. The second kappa shape index (κ2) is 2.84. The summed E-state index contributed by atoms with van der Waals surface area (Å²) in [7, 11) is 0. The van der Waals surface area contributed by atoms with Gasteiger partial charge in [0, 0.05) is 0 Å². The van der Waals surface area contributed by atoms with E-state index in [0.29, 0.717) is 0 Å². The summed E-state index contributed by atoms with van der Waals surface area (Å²) in [5.41, 5.74) is -1.85. The Morgan fingerprint density at radius 2 is 1.73 bits per heavy atom. The molecule has 4 heteroatoms. The van der Waals surface area contributed by atoms with E-state index in [0.717, 1.165) is 6.92 Å². The SMILES string of the molecule is CC1(c2ccccc2)C(=O)C(F)C1(F)F. The van der Waals surface area contributed by atoms with Crippen molar-refractivity contribution in [3.05, 3.63) is 35.9 Å². The van der Waals surface area contributed by atoms with Crippen LogP contribution in [-0.4, -0.2) is 17.9 Å². The molecule has 2 unspecified atom stereocenters. The molecule has 1 aliphatic rings. The standard InChI is InChI=1S/C11H9F3O/c1-10(7-5-3-2-4-6-7)9(15)8(12)11(10,13)14/h2-6,8H,1H3. The number of carbonyl (C=O) groups excluding carboxylic acids is 1. The fraction of sp³-hybridized carbons (Fsp3) is 0.364. The zero-order valence-corrected chi connectivity index (χ0v) is 8.01. The van der Waals surface area contributed by atoms with Crippen LogP contribution in [0.5, 0.6) is 0 Å². The second-order valence-corrected chi connectivity index (χ2v) is 3.84. The van der Waals surface area contributed by atoms with Crippen LogP contribution in [0, 0.1) is 0 Å². The molecule has 0 N–H and O–H groups in total. The Kier molecular flexibility index (Phi) is 1.93. The zero-order chi connectivity index (χ0) is 11.3. The van der Waals surface area contributed by atoms with E-state index >= 15 is 0 Å². The minimum atomic E-state index is -3.61. The van der Waals surface area contributed by atoms with Gasteiger partial charge in [-0.2, -0.15) is 0 Å². The molecule has 2 rings (SSSR count). The van der Waals surface area contributed by atoms with Crippen LogP contribution < -0.4 is 0 Å². The summed E-state index contributed by atoms with van der Waals surface area (Å²) < 4.78 is 39.4. The Bertz CT molecular complexity index is 402. The molecule has 0 aromatic heterocycles. The van der Waals surface area contributed by atoms with Crippen molar-refractivity contribution in [1.82, 2.24) is 0 Å². The maximum absolute atomic E-state index is 13.3. The molecule has 0 spiro atoms. The molecule has 1 aliphatic carbocycles. The van der Waals surface area contributed by atoms with Gasteiger partial charge in [0.15, 0.2) is 5.78 Å². The maximum atomic E-state index is 13.3. The summed E-state index contributed by atoms with van der Waals surface area (Å²) in [5.74, 6) is -4.65. The molecule has 0 aliphatic heterocycles. The number of halogens is 3. The van der Waals surface area contributed by atoms with E-state index in [2.05, 4.69) is 0 Å². The molecule has 0 amide bonds. The second-order valence-electron chi connectivity index (χ2n) is 3.84. The highest BCUT2D eigenvalue weighted by molar-refractivity contribution is 6.02. The number of hydrogen-bond donors (Lipinski definition) is 0. The Morgan fingerprint density at radius 1 is 1.20 bits per heavy atom. The normalized spacial score (nSPS) is 33.6. The lowest BCUT2D eigenvalue weighted by atomic mass is 9.60. The molecule has 0 radical (unpaired) electrons. The Balaban J connectivity index is 2.49. The number of Topliss-reactive ketones (excluding diaryl/α,β-unsaturated/α-hetero) is 1. The average Bonchev–Trinajstić information content (AvgIpc) is 2.27. The average molecular weight is 214 g/mol. The maximum Gasteiger partial charge on any atom is 0.301 e. The molecule has 1 nitrogen and oxygen atoms in total. The lowest BCUT2D eigenvalue weighted by Gasteiger charge is -2.47. The van der Waals surface area contributed by atoms with Crippen LogP contribution in [0.25, 0.3) is 0 Å². The minimum absolute atomic E-state index is 0.161. The first-order chi connectivity index (χ1) is 6.92. The van der Waals surface area contributed by atoms with Gasteiger partial charge in [0.25, 0.3) is 0 Å². The molecule has 1 aromatic rings. The highest BCUT2D eigenvalue weighted by atomic mass is 19.3. The van der Waals surface area contributed by atoms with E-state index < -0.39 is 23.3 Å². The van der Waals surface area contributed by atoms with Crippen molar-refractivity contribution in [3.63, 3.8) is 0 Å². The van der Waals surface area contributed by atoms with Gasteiger partial charge < -0.3 is 0 Å². The van der Waals surface area contributed by atoms with Crippen molar-refractivity contribution in [1.29, 1.82) is 0 Å². The van der Waals surface area contributed by atoms with Gasteiger partial charge in [-0.1, -0.05) is 30.3 Å². The van der Waals surface area contributed by atoms with Crippen LogP contribution >= 0.6 is 0 Å². The van der Waals surface area contributed by atoms with Crippen molar-refractivity contribution in [2.24, 2.45) is 0 Å². The third-order valence-corrected chi connectivity index (χ3v) is 3.06.